The van der Waals surface area contributed by atoms with Gasteiger partial charge in [-0.2, -0.15) is 0 Å². The Bertz CT molecular complexity index is 408. The predicted molar refractivity (Wildman–Crippen MR) is 78.6 cm³/mol. The summed E-state index contributed by atoms with van der Waals surface area (Å²) >= 11 is 0. The molecule has 1 N–H and O–H groups in total. The van der Waals surface area contributed by atoms with E-state index in [1.54, 1.807) is 0 Å². The van der Waals surface area contributed by atoms with Crippen LogP contribution in [0.25, 0.3) is 0 Å². The fourth-order valence-corrected chi connectivity index (χ4v) is 2.78. The molecule has 1 aromatic carbocycles. The number of nitrogens with one attached hydrogen (secondary N) is 1. The normalized spacial score (nSPS) is 20.2. The van der Waals surface area contributed by atoms with Crippen molar-refractivity contribution in [1.82, 2.24) is 5.32 Å². The van der Waals surface area contributed by atoms with Gasteiger partial charge in [0.25, 0.3) is 0 Å². The van der Waals surface area contributed by atoms with Crippen molar-refractivity contribution in [3.05, 3.63) is 47.5 Å². The topological polar surface area (TPSA) is 12.0 Å². The van der Waals surface area contributed by atoms with Gasteiger partial charge in [-0.15, -0.1) is 6.58 Å². The molecule has 0 spiro atoms. The minimum Gasteiger partial charge on any atom is -0.310 e. The molecule has 0 bridgehead atoms. The minimum atomic E-state index is 0.653. The predicted octanol–water partition coefficient (Wildman–Crippen LogP) is 4.08. The van der Waals surface area contributed by atoms with Gasteiger partial charge in [-0.05, 0) is 49.7 Å². The highest BCUT2D eigenvalue weighted by Crippen LogP contribution is 2.22. The lowest BCUT2D eigenvalue weighted by Gasteiger charge is -2.28. The van der Waals surface area contributed by atoms with Crippen molar-refractivity contribution >= 4 is 0 Å². The maximum Gasteiger partial charge on any atom is 0.0210 e. The lowest BCUT2D eigenvalue weighted by atomic mass is 9.88. The van der Waals surface area contributed by atoms with Gasteiger partial charge in [0.05, 0.1) is 0 Å². The number of benzene rings is 1. The van der Waals surface area contributed by atoms with E-state index in [1.807, 2.05) is 0 Å². The Hall–Kier alpha value is -1.08. The molecule has 1 aliphatic heterocycles. The van der Waals surface area contributed by atoms with Crippen molar-refractivity contribution in [2.75, 3.05) is 0 Å². The van der Waals surface area contributed by atoms with Crippen molar-refractivity contribution < 1.29 is 0 Å². The zero-order valence-electron chi connectivity index (χ0n) is 11.7. The van der Waals surface area contributed by atoms with Crippen molar-refractivity contribution in [3.63, 3.8) is 0 Å². The van der Waals surface area contributed by atoms with Crippen LogP contribution in [0.15, 0.2) is 36.4 Å². The van der Waals surface area contributed by atoms with E-state index in [2.05, 4.69) is 50.0 Å². The maximum atomic E-state index is 3.99. The molecular weight excluding hydrogens is 218 g/mol. The van der Waals surface area contributed by atoms with Crippen molar-refractivity contribution in [3.8, 4) is 0 Å². The lowest BCUT2D eigenvalue weighted by Crippen LogP contribution is -2.36. The van der Waals surface area contributed by atoms with Crippen molar-refractivity contribution in [2.45, 2.75) is 52.1 Å². The fraction of sp³-hybridized carbons (Fsp3) is 0.529. The summed E-state index contributed by atoms with van der Waals surface area (Å²) in [7, 11) is 0. The molecule has 0 fully saturated rings. The molecule has 0 radical (unpaired) electrons. The van der Waals surface area contributed by atoms with Gasteiger partial charge in [0, 0.05) is 12.6 Å². The van der Waals surface area contributed by atoms with Crippen LogP contribution in [0.4, 0.5) is 0 Å². The highest BCUT2D eigenvalue weighted by molar-refractivity contribution is 5.29. The first-order valence-corrected chi connectivity index (χ1v) is 7.09. The van der Waals surface area contributed by atoms with Gasteiger partial charge in [0.15, 0.2) is 0 Å². The van der Waals surface area contributed by atoms with Gasteiger partial charge in [-0.1, -0.05) is 36.8 Å². The van der Waals surface area contributed by atoms with Crippen LogP contribution in [-0.4, -0.2) is 6.04 Å². The molecule has 2 unspecified atom stereocenters. The molecule has 1 heterocycles. The molecule has 1 nitrogen and oxygen atoms in total. The van der Waals surface area contributed by atoms with Crippen LogP contribution < -0.4 is 5.32 Å². The average molecular weight is 243 g/mol. The number of hydrogen-bond acceptors (Lipinski definition) is 1. The summed E-state index contributed by atoms with van der Waals surface area (Å²) in [6, 6.07) is 9.47. The van der Waals surface area contributed by atoms with E-state index in [1.165, 1.54) is 42.4 Å². The molecule has 0 amide bonds. The number of hydrogen-bond donors (Lipinski definition) is 1. The summed E-state index contributed by atoms with van der Waals surface area (Å²) in [4.78, 5) is 0. The molecule has 0 saturated heterocycles. The van der Waals surface area contributed by atoms with Crippen LogP contribution in [0.1, 0.15) is 44.2 Å². The van der Waals surface area contributed by atoms with Crippen LogP contribution in [0.2, 0.25) is 0 Å². The summed E-state index contributed by atoms with van der Waals surface area (Å²) < 4.78 is 0. The fourth-order valence-electron chi connectivity index (χ4n) is 2.78. The van der Waals surface area contributed by atoms with Gasteiger partial charge in [-0.25, -0.2) is 0 Å². The zero-order chi connectivity index (χ0) is 13.0. The Kier molecular flexibility index (Phi) is 4.60. The van der Waals surface area contributed by atoms with Gasteiger partial charge in [0.2, 0.25) is 0 Å². The zero-order valence-corrected chi connectivity index (χ0v) is 11.7. The SMILES string of the molecule is C=C(C)CCC(C)CC1Cc2ccccc2CN1. The number of allylic oxidation sites excluding steroid dienone is 1. The Morgan fingerprint density at radius 1 is 1.39 bits per heavy atom. The Morgan fingerprint density at radius 2 is 2.11 bits per heavy atom. The van der Waals surface area contributed by atoms with Gasteiger partial charge >= 0.3 is 0 Å². The minimum absolute atomic E-state index is 0.653. The third-order valence-electron chi connectivity index (χ3n) is 3.92. The van der Waals surface area contributed by atoms with Crippen LogP contribution >= 0.6 is 0 Å². The third kappa shape index (κ3) is 3.71. The summed E-state index contributed by atoms with van der Waals surface area (Å²) in [5.41, 5.74) is 4.32. The number of rotatable bonds is 5. The van der Waals surface area contributed by atoms with E-state index in [9.17, 15) is 0 Å². The number of fused-ring (bicyclic) bond motifs is 1. The molecule has 98 valence electrons. The first-order valence-electron chi connectivity index (χ1n) is 7.09. The van der Waals surface area contributed by atoms with Crippen LogP contribution in [0, 0.1) is 5.92 Å². The second-order valence-corrected chi connectivity index (χ2v) is 5.89. The second kappa shape index (κ2) is 6.19. The Morgan fingerprint density at radius 3 is 2.83 bits per heavy atom. The van der Waals surface area contributed by atoms with Gasteiger partial charge in [0.1, 0.15) is 0 Å². The third-order valence-corrected chi connectivity index (χ3v) is 3.92. The monoisotopic (exact) mass is 243 g/mol. The maximum absolute atomic E-state index is 3.99. The largest absolute Gasteiger partial charge is 0.310 e. The lowest BCUT2D eigenvalue weighted by molar-refractivity contribution is 0.369. The van der Waals surface area contributed by atoms with Crippen LogP contribution in [-0.2, 0) is 13.0 Å². The highest BCUT2D eigenvalue weighted by atomic mass is 14.9. The highest BCUT2D eigenvalue weighted by Gasteiger charge is 2.19. The molecule has 1 aliphatic rings. The smallest absolute Gasteiger partial charge is 0.0210 e. The Labute approximate surface area is 111 Å². The molecule has 18 heavy (non-hydrogen) atoms. The van der Waals surface area contributed by atoms with E-state index in [0.717, 1.165) is 12.5 Å². The first kappa shape index (κ1) is 13.4. The first-order chi connectivity index (χ1) is 8.65. The van der Waals surface area contributed by atoms with E-state index in [0.29, 0.717) is 6.04 Å². The standard InChI is InChI=1S/C17H25N/c1-13(2)8-9-14(3)10-17-11-15-6-4-5-7-16(15)12-18-17/h4-7,14,17-18H,1,8-12H2,2-3H3. The van der Waals surface area contributed by atoms with E-state index >= 15 is 0 Å². The quantitative estimate of drug-likeness (QED) is 0.768. The van der Waals surface area contributed by atoms with E-state index < -0.39 is 0 Å². The van der Waals surface area contributed by atoms with E-state index in [-0.39, 0.29) is 0 Å². The van der Waals surface area contributed by atoms with Gasteiger partial charge < -0.3 is 5.32 Å². The molecule has 0 saturated carbocycles. The molecule has 0 aromatic heterocycles. The molecule has 2 rings (SSSR count). The van der Waals surface area contributed by atoms with Crippen molar-refractivity contribution in [1.29, 1.82) is 0 Å². The summed E-state index contributed by atoms with van der Waals surface area (Å²) in [5, 5.41) is 3.67. The summed E-state index contributed by atoms with van der Waals surface area (Å²) in [6.45, 7) is 9.52. The van der Waals surface area contributed by atoms with Crippen LogP contribution in [0.5, 0.6) is 0 Å². The summed E-state index contributed by atoms with van der Waals surface area (Å²) in [6.07, 6.45) is 4.91. The molecule has 1 heteroatoms. The molecule has 2 atom stereocenters. The van der Waals surface area contributed by atoms with Crippen molar-refractivity contribution in [2.24, 2.45) is 5.92 Å². The second-order valence-electron chi connectivity index (χ2n) is 5.89. The average Bonchev–Trinajstić information content (AvgIpc) is 2.36. The molecule has 0 aliphatic carbocycles. The molecular formula is C17H25N. The molecule has 1 aromatic rings. The van der Waals surface area contributed by atoms with E-state index in [4.69, 9.17) is 0 Å². The Balaban J connectivity index is 1.84. The van der Waals surface area contributed by atoms with Gasteiger partial charge in [-0.3, -0.25) is 0 Å². The summed E-state index contributed by atoms with van der Waals surface area (Å²) in [5.74, 6) is 0.782. The van der Waals surface area contributed by atoms with Crippen LogP contribution in [0.3, 0.4) is 0 Å².